The second-order valence-corrected chi connectivity index (χ2v) is 6.04. The van der Waals surface area contributed by atoms with Gasteiger partial charge in [-0.15, -0.1) is 0 Å². The third-order valence-electron chi connectivity index (χ3n) is 3.46. The van der Waals surface area contributed by atoms with Crippen LogP contribution in [0.5, 0.6) is 11.5 Å². The summed E-state index contributed by atoms with van der Waals surface area (Å²) in [5.41, 5.74) is 0.0574. The van der Waals surface area contributed by atoms with Gasteiger partial charge >= 0.3 is 0 Å². The number of oxime groups is 1. The summed E-state index contributed by atoms with van der Waals surface area (Å²) in [6, 6.07) is 7.12. The average molecular weight is 361 g/mol. The molecular formula is C18H23N3O5. The van der Waals surface area contributed by atoms with Crippen LogP contribution in [0.3, 0.4) is 0 Å². The van der Waals surface area contributed by atoms with E-state index in [0.29, 0.717) is 11.5 Å². The molecule has 0 bridgehead atoms. The molecule has 0 aliphatic rings. The molecule has 26 heavy (non-hydrogen) atoms. The van der Waals surface area contributed by atoms with Crippen LogP contribution < -0.4 is 14.8 Å². The Morgan fingerprint density at radius 3 is 2.62 bits per heavy atom. The monoisotopic (exact) mass is 361 g/mol. The minimum absolute atomic E-state index is 0.441. The van der Waals surface area contributed by atoms with Crippen molar-refractivity contribution < 1.29 is 23.8 Å². The van der Waals surface area contributed by atoms with Gasteiger partial charge in [0.15, 0.2) is 0 Å². The number of amides is 1. The lowest BCUT2D eigenvalue weighted by Gasteiger charge is -2.24. The number of hydrogen-bond acceptors (Lipinski definition) is 7. The number of carbonyl (C=O) groups is 1. The highest BCUT2D eigenvalue weighted by molar-refractivity contribution is 5.85. The Hall–Kier alpha value is -2.87. The van der Waals surface area contributed by atoms with Crippen molar-refractivity contribution in [2.45, 2.75) is 25.7 Å². The van der Waals surface area contributed by atoms with Gasteiger partial charge in [-0.2, -0.15) is 0 Å². The van der Waals surface area contributed by atoms with E-state index in [1.807, 2.05) is 6.07 Å². The summed E-state index contributed by atoms with van der Waals surface area (Å²) in [5.74, 6) is 0.664. The van der Waals surface area contributed by atoms with Crippen LogP contribution in [0.4, 0.5) is 0 Å². The zero-order valence-electron chi connectivity index (χ0n) is 15.5. The lowest BCUT2D eigenvalue weighted by Crippen LogP contribution is -2.51. The van der Waals surface area contributed by atoms with Gasteiger partial charge in [0, 0.05) is 12.5 Å². The molecule has 0 aliphatic heterocycles. The Kier molecular flexibility index (Phi) is 6.35. The number of hydrogen-bond donors (Lipinski definition) is 1. The van der Waals surface area contributed by atoms with Gasteiger partial charge in [-0.1, -0.05) is 5.16 Å². The second-order valence-electron chi connectivity index (χ2n) is 6.04. The number of nitrogens with zero attached hydrogens (tertiary/aromatic N) is 2. The lowest BCUT2D eigenvalue weighted by molar-refractivity contribution is -0.149. The first kappa shape index (κ1) is 19.5. The fourth-order valence-corrected chi connectivity index (χ4v) is 2.20. The Bertz CT molecular complexity index is 791. The van der Waals surface area contributed by atoms with Crippen molar-refractivity contribution in [3.63, 3.8) is 0 Å². The quantitative estimate of drug-likeness (QED) is 0.440. The molecule has 1 N–H and O–H groups in total. The molecule has 0 spiro atoms. The van der Waals surface area contributed by atoms with Crippen LogP contribution in [0.1, 0.15) is 13.8 Å². The lowest BCUT2D eigenvalue weighted by atomic mass is 10.1. The molecule has 1 unspecified atom stereocenters. The van der Waals surface area contributed by atoms with Gasteiger partial charge in [0.05, 0.1) is 30.6 Å². The van der Waals surface area contributed by atoms with E-state index in [4.69, 9.17) is 14.2 Å². The molecule has 1 amide bonds. The van der Waals surface area contributed by atoms with E-state index in [-0.39, 0.29) is 0 Å². The second kappa shape index (κ2) is 8.48. The van der Waals surface area contributed by atoms with Gasteiger partial charge in [0.2, 0.25) is 0 Å². The van der Waals surface area contributed by atoms with Gasteiger partial charge in [-0.25, -0.2) is 0 Å². The third kappa shape index (κ3) is 5.06. The maximum absolute atomic E-state index is 12.4. The molecule has 0 saturated carbocycles. The molecule has 1 atom stereocenters. The largest absolute Gasteiger partial charge is 0.495 e. The summed E-state index contributed by atoms with van der Waals surface area (Å²) in [6.07, 6.45) is 1.99. The third-order valence-corrected chi connectivity index (χ3v) is 3.46. The molecule has 0 aliphatic carbocycles. The number of benzene rings is 1. The summed E-state index contributed by atoms with van der Waals surface area (Å²) in [7, 11) is 4.40. The number of pyridine rings is 1. The van der Waals surface area contributed by atoms with Crippen LogP contribution in [0.15, 0.2) is 35.6 Å². The number of carbonyl (C=O) groups excluding carboxylic acids is 1. The summed E-state index contributed by atoms with van der Waals surface area (Å²) >= 11 is 0. The topological polar surface area (TPSA) is 91.3 Å². The molecule has 2 rings (SSSR count). The number of ether oxygens (including phenoxy) is 3. The number of methoxy groups -OCH3 is 2. The SMILES string of the molecule is CO/N=C/C(C)(C)NC(=O)C(OC)Oc1ccc2ncc(OC)cc2c1. The standard InChI is InChI=1S/C18H23N3O5/c1-18(2,11-20-25-5)21-16(22)17(24-4)26-13-6-7-15-12(8-13)9-14(23-3)10-19-15/h6-11,17H,1-5H3,(H,21,22)/b20-11+. The highest BCUT2D eigenvalue weighted by atomic mass is 16.7. The van der Waals surface area contributed by atoms with Crippen LogP contribution in [0, 0.1) is 0 Å². The Morgan fingerprint density at radius 2 is 1.96 bits per heavy atom. The van der Waals surface area contributed by atoms with Gasteiger partial charge < -0.3 is 24.4 Å². The van der Waals surface area contributed by atoms with E-state index in [0.717, 1.165) is 10.9 Å². The van der Waals surface area contributed by atoms with E-state index in [9.17, 15) is 4.79 Å². The van der Waals surface area contributed by atoms with Gasteiger partial charge in [-0.05, 0) is 38.1 Å². The minimum atomic E-state index is -1.12. The molecule has 8 heteroatoms. The first-order valence-electron chi connectivity index (χ1n) is 7.91. The molecule has 0 fully saturated rings. The number of fused-ring (bicyclic) bond motifs is 1. The molecular weight excluding hydrogens is 338 g/mol. The zero-order chi connectivity index (χ0) is 19.2. The molecule has 140 valence electrons. The first-order chi connectivity index (χ1) is 12.4. The van der Waals surface area contributed by atoms with Crippen LogP contribution in [0.25, 0.3) is 10.9 Å². The Labute approximate surface area is 152 Å². The van der Waals surface area contributed by atoms with Gasteiger partial charge in [0.25, 0.3) is 12.2 Å². The van der Waals surface area contributed by atoms with Crippen molar-refractivity contribution in [1.29, 1.82) is 0 Å². The van der Waals surface area contributed by atoms with Crippen LogP contribution >= 0.6 is 0 Å². The van der Waals surface area contributed by atoms with Gasteiger partial charge in [-0.3, -0.25) is 9.78 Å². The molecule has 1 aromatic carbocycles. The minimum Gasteiger partial charge on any atom is -0.495 e. The predicted molar refractivity (Wildman–Crippen MR) is 97.4 cm³/mol. The smallest absolute Gasteiger partial charge is 0.290 e. The van der Waals surface area contributed by atoms with Crippen LogP contribution in [-0.4, -0.2) is 50.3 Å². The molecule has 1 aromatic heterocycles. The summed E-state index contributed by atoms with van der Waals surface area (Å²) in [4.78, 5) is 21.4. The zero-order valence-corrected chi connectivity index (χ0v) is 15.5. The van der Waals surface area contributed by atoms with E-state index < -0.39 is 17.7 Å². The fraction of sp³-hybridized carbons (Fsp3) is 0.389. The van der Waals surface area contributed by atoms with Crippen molar-refractivity contribution in [2.75, 3.05) is 21.3 Å². The van der Waals surface area contributed by atoms with Crippen molar-refractivity contribution in [3.05, 3.63) is 30.5 Å². The molecule has 1 heterocycles. The van der Waals surface area contributed by atoms with Crippen molar-refractivity contribution in [3.8, 4) is 11.5 Å². The average Bonchev–Trinajstić information content (AvgIpc) is 2.63. The summed E-state index contributed by atoms with van der Waals surface area (Å²) in [5, 5.41) is 7.27. The highest BCUT2D eigenvalue weighted by Crippen LogP contribution is 2.23. The fourth-order valence-electron chi connectivity index (χ4n) is 2.20. The van der Waals surface area contributed by atoms with E-state index >= 15 is 0 Å². The summed E-state index contributed by atoms with van der Waals surface area (Å²) < 4.78 is 16.0. The predicted octanol–water partition coefficient (Wildman–Crippen LogP) is 2.12. The van der Waals surface area contributed by atoms with Crippen LogP contribution in [-0.2, 0) is 14.4 Å². The normalized spacial score (nSPS) is 12.8. The van der Waals surface area contributed by atoms with E-state index in [1.165, 1.54) is 20.4 Å². The molecule has 8 nitrogen and oxygen atoms in total. The Morgan fingerprint density at radius 1 is 1.23 bits per heavy atom. The number of aromatic nitrogens is 1. The molecule has 2 aromatic rings. The maximum Gasteiger partial charge on any atom is 0.290 e. The molecule has 0 radical (unpaired) electrons. The highest BCUT2D eigenvalue weighted by Gasteiger charge is 2.26. The van der Waals surface area contributed by atoms with E-state index in [2.05, 4.69) is 20.3 Å². The first-order valence-corrected chi connectivity index (χ1v) is 7.91. The van der Waals surface area contributed by atoms with Gasteiger partial charge in [0.1, 0.15) is 18.6 Å². The van der Waals surface area contributed by atoms with Crippen LogP contribution in [0.2, 0.25) is 0 Å². The molecule has 0 saturated heterocycles. The van der Waals surface area contributed by atoms with Crippen molar-refractivity contribution in [2.24, 2.45) is 5.16 Å². The number of nitrogens with one attached hydrogen (secondary N) is 1. The van der Waals surface area contributed by atoms with Crippen molar-refractivity contribution in [1.82, 2.24) is 10.3 Å². The number of rotatable bonds is 8. The van der Waals surface area contributed by atoms with Crippen molar-refractivity contribution >= 4 is 23.0 Å². The van der Waals surface area contributed by atoms with E-state index in [1.54, 1.807) is 45.4 Å². The maximum atomic E-state index is 12.4. The Balaban J connectivity index is 2.14. The summed E-state index contributed by atoms with van der Waals surface area (Å²) in [6.45, 7) is 3.54.